The standard InChI is InChI=1S/C33H29NO5/c1-34-25-9-7-6-8-22(25)32-23-18-24(33(35)20-11-15-28(37-3)30(17-20)39-5)31(21(23)12-13-26(32)34)19-10-14-27(36-2)29(16-19)38-4/h6-17H,18H2,1-5H3. The molecule has 0 fully saturated rings. The fraction of sp³-hybridized carbons (Fsp3) is 0.182. The van der Waals surface area contributed by atoms with Crippen molar-refractivity contribution in [1.29, 1.82) is 0 Å². The molecule has 0 aliphatic heterocycles. The highest BCUT2D eigenvalue weighted by Gasteiger charge is 2.31. The minimum atomic E-state index is -0.0506. The molecule has 0 bridgehead atoms. The van der Waals surface area contributed by atoms with Gasteiger partial charge in [-0.3, -0.25) is 4.79 Å². The lowest BCUT2D eigenvalue weighted by Gasteiger charge is -2.14. The van der Waals surface area contributed by atoms with Crippen molar-refractivity contribution in [3.8, 4) is 23.0 Å². The topological polar surface area (TPSA) is 58.9 Å². The number of carbonyl (C=O) groups is 1. The quantitative estimate of drug-likeness (QED) is 0.227. The molecule has 1 heterocycles. The number of ketones is 1. The summed E-state index contributed by atoms with van der Waals surface area (Å²) < 4.78 is 24.2. The van der Waals surface area contributed by atoms with E-state index in [0.717, 1.165) is 38.9 Å². The van der Waals surface area contributed by atoms with E-state index in [4.69, 9.17) is 18.9 Å². The minimum Gasteiger partial charge on any atom is -0.493 e. The number of Topliss-reactive ketones (excluding diaryl/α,β-unsaturated/α-hetero) is 1. The number of methoxy groups -OCH3 is 4. The average molecular weight is 520 g/mol. The summed E-state index contributed by atoms with van der Waals surface area (Å²) in [5.41, 5.74) is 7.57. The average Bonchev–Trinajstić information content (AvgIpc) is 3.51. The van der Waals surface area contributed by atoms with Crippen molar-refractivity contribution < 1.29 is 23.7 Å². The molecule has 0 saturated carbocycles. The van der Waals surface area contributed by atoms with Crippen molar-refractivity contribution >= 4 is 33.2 Å². The first-order chi connectivity index (χ1) is 19.0. The first kappa shape index (κ1) is 24.6. The number of aromatic nitrogens is 1. The van der Waals surface area contributed by atoms with Gasteiger partial charge in [-0.05, 0) is 64.7 Å². The second-order valence-electron chi connectivity index (χ2n) is 9.56. The number of aryl methyl sites for hydroxylation is 1. The molecule has 1 aliphatic carbocycles. The number of carbonyl (C=O) groups excluding carboxylic acids is 1. The largest absolute Gasteiger partial charge is 0.493 e. The van der Waals surface area contributed by atoms with Crippen LogP contribution in [0.4, 0.5) is 0 Å². The van der Waals surface area contributed by atoms with E-state index in [1.807, 2.05) is 18.2 Å². The molecular weight excluding hydrogens is 490 g/mol. The van der Waals surface area contributed by atoms with Crippen LogP contribution in [0.3, 0.4) is 0 Å². The molecule has 0 unspecified atom stereocenters. The van der Waals surface area contributed by atoms with Gasteiger partial charge in [-0.25, -0.2) is 0 Å². The predicted molar refractivity (Wildman–Crippen MR) is 154 cm³/mol. The van der Waals surface area contributed by atoms with E-state index in [1.54, 1.807) is 46.6 Å². The van der Waals surface area contributed by atoms with Gasteiger partial charge in [-0.15, -0.1) is 0 Å². The normalized spacial score (nSPS) is 12.6. The fourth-order valence-corrected chi connectivity index (χ4v) is 5.84. The monoisotopic (exact) mass is 519 g/mol. The SMILES string of the molecule is COc1ccc(C(=O)C2=C(c3ccc(OC)c(OC)c3)c3ccc4c(c3C2)c2ccccc2n4C)cc1OC. The van der Waals surface area contributed by atoms with Crippen LogP contribution in [0.2, 0.25) is 0 Å². The van der Waals surface area contributed by atoms with Gasteiger partial charge in [0.2, 0.25) is 0 Å². The van der Waals surface area contributed by atoms with E-state index in [9.17, 15) is 4.79 Å². The summed E-state index contributed by atoms with van der Waals surface area (Å²) in [5, 5.41) is 2.36. The number of rotatable bonds is 7. The highest BCUT2D eigenvalue weighted by Crippen LogP contribution is 2.46. The van der Waals surface area contributed by atoms with Gasteiger partial charge in [0.25, 0.3) is 0 Å². The van der Waals surface area contributed by atoms with Crippen molar-refractivity contribution in [3.63, 3.8) is 0 Å². The molecule has 1 aliphatic rings. The smallest absolute Gasteiger partial charge is 0.190 e. The summed E-state index contributed by atoms with van der Waals surface area (Å²) in [6.07, 6.45) is 0.511. The van der Waals surface area contributed by atoms with E-state index in [-0.39, 0.29) is 5.78 Å². The summed E-state index contributed by atoms with van der Waals surface area (Å²) in [7, 11) is 8.48. The maximum absolute atomic E-state index is 14.2. The molecule has 6 heteroatoms. The zero-order valence-corrected chi connectivity index (χ0v) is 22.6. The van der Waals surface area contributed by atoms with Gasteiger partial charge < -0.3 is 23.5 Å². The van der Waals surface area contributed by atoms with Gasteiger partial charge in [0.15, 0.2) is 28.8 Å². The molecule has 0 radical (unpaired) electrons. The third-order valence-corrected chi connectivity index (χ3v) is 7.70. The van der Waals surface area contributed by atoms with Gasteiger partial charge in [0.1, 0.15) is 0 Å². The van der Waals surface area contributed by atoms with Crippen LogP contribution in [-0.4, -0.2) is 38.8 Å². The van der Waals surface area contributed by atoms with Crippen LogP contribution in [0.5, 0.6) is 23.0 Å². The van der Waals surface area contributed by atoms with Crippen LogP contribution in [0.15, 0.2) is 78.4 Å². The van der Waals surface area contributed by atoms with Crippen molar-refractivity contribution in [1.82, 2.24) is 4.57 Å². The minimum absolute atomic E-state index is 0.0506. The Morgan fingerprint density at radius 3 is 2.10 bits per heavy atom. The van der Waals surface area contributed by atoms with E-state index in [2.05, 4.69) is 48.0 Å². The first-order valence-corrected chi connectivity index (χ1v) is 12.7. The molecular formula is C33H29NO5. The molecule has 0 spiro atoms. The Hall–Kier alpha value is -4.71. The van der Waals surface area contributed by atoms with Crippen LogP contribution in [0, 0.1) is 0 Å². The zero-order chi connectivity index (χ0) is 27.3. The van der Waals surface area contributed by atoms with Crippen LogP contribution >= 0.6 is 0 Å². The molecule has 6 nitrogen and oxygen atoms in total. The molecule has 6 rings (SSSR count). The highest BCUT2D eigenvalue weighted by molar-refractivity contribution is 6.20. The molecule has 39 heavy (non-hydrogen) atoms. The Morgan fingerprint density at radius 2 is 1.38 bits per heavy atom. The van der Waals surface area contributed by atoms with Crippen molar-refractivity contribution in [2.45, 2.75) is 6.42 Å². The van der Waals surface area contributed by atoms with Crippen LogP contribution in [0.1, 0.15) is 27.0 Å². The molecule has 0 N–H and O–H groups in total. The van der Waals surface area contributed by atoms with Gasteiger partial charge in [-0.1, -0.05) is 30.3 Å². The zero-order valence-electron chi connectivity index (χ0n) is 22.6. The highest BCUT2D eigenvalue weighted by atomic mass is 16.5. The van der Waals surface area contributed by atoms with Crippen LogP contribution in [-0.2, 0) is 13.5 Å². The number of allylic oxidation sites excluding steroid dienone is 1. The number of benzene rings is 4. The lowest BCUT2D eigenvalue weighted by Crippen LogP contribution is -2.06. The summed E-state index contributed by atoms with van der Waals surface area (Å²) in [6.45, 7) is 0. The van der Waals surface area contributed by atoms with Gasteiger partial charge in [0.05, 0.1) is 28.4 Å². The van der Waals surface area contributed by atoms with E-state index < -0.39 is 0 Å². The molecule has 5 aromatic rings. The Bertz CT molecular complexity index is 1810. The number of para-hydroxylation sites is 1. The lowest BCUT2D eigenvalue weighted by molar-refractivity contribution is 0.103. The molecule has 0 atom stereocenters. The number of nitrogens with zero attached hydrogens (tertiary/aromatic N) is 1. The summed E-state index contributed by atoms with van der Waals surface area (Å²) in [5.74, 6) is 2.29. The Balaban J connectivity index is 1.61. The Morgan fingerprint density at radius 1 is 0.718 bits per heavy atom. The maximum Gasteiger partial charge on any atom is 0.190 e. The Labute approximate surface area is 227 Å². The molecule has 0 saturated heterocycles. The van der Waals surface area contributed by atoms with Crippen molar-refractivity contribution in [2.75, 3.05) is 28.4 Å². The number of ether oxygens (including phenoxy) is 4. The fourth-order valence-electron chi connectivity index (χ4n) is 5.84. The first-order valence-electron chi connectivity index (χ1n) is 12.7. The van der Waals surface area contributed by atoms with Crippen molar-refractivity contribution in [2.24, 2.45) is 7.05 Å². The number of fused-ring (bicyclic) bond motifs is 5. The predicted octanol–water partition coefficient (Wildman–Crippen LogP) is 6.61. The summed E-state index contributed by atoms with van der Waals surface area (Å²) in [4.78, 5) is 14.2. The molecule has 0 amide bonds. The van der Waals surface area contributed by atoms with Crippen LogP contribution < -0.4 is 18.9 Å². The third kappa shape index (κ3) is 3.75. The van der Waals surface area contributed by atoms with E-state index >= 15 is 0 Å². The molecule has 1 aromatic heterocycles. The lowest BCUT2D eigenvalue weighted by atomic mass is 9.93. The second-order valence-corrected chi connectivity index (χ2v) is 9.56. The van der Waals surface area contributed by atoms with E-state index in [0.29, 0.717) is 35.0 Å². The van der Waals surface area contributed by atoms with Crippen molar-refractivity contribution in [3.05, 3.63) is 101 Å². The second kappa shape index (κ2) is 9.55. The Kier molecular flexibility index (Phi) is 6.03. The molecule has 196 valence electrons. The van der Waals surface area contributed by atoms with E-state index in [1.165, 1.54) is 10.8 Å². The number of hydrogen-bond acceptors (Lipinski definition) is 5. The maximum atomic E-state index is 14.2. The van der Waals surface area contributed by atoms with Crippen LogP contribution in [0.25, 0.3) is 27.4 Å². The number of hydrogen-bond donors (Lipinski definition) is 0. The molecule has 4 aromatic carbocycles. The van der Waals surface area contributed by atoms with Gasteiger partial charge in [0, 0.05) is 46.4 Å². The third-order valence-electron chi connectivity index (χ3n) is 7.70. The van der Waals surface area contributed by atoms with Gasteiger partial charge >= 0.3 is 0 Å². The summed E-state index contributed by atoms with van der Waals surface area (Å²) in [6, 6.07) is 23.8. The van der Waals surface area contributed by atoms with Gasteiger partial charge in [-0.2, -0.15) is 0 Å². The summed E-state index contributed by atoms with van der Waals surface area (Å²) >= 11 is 0.